The standard InChI is InChI=1S/C28H30N4O6S/c33-27(20-32(23-8-3-1-4-9-23)39(35,36)26-11-5-2-6-12-26)31-30-18-22-13-15-24(16-14-22)38-21-28(34)29-19-25-10-7-17-37-25/h1-6,8-9,11-16,18,25H,7,10,17,19-21H2,(H,29,34)(H,31,33)/b30-18-/t25-/m0/s1. The number of para-hydroxylation sites is 1. The van der Waals surface area contributed by atoms with E-state index in [1.54, 1.807) is 72.8 Å². The highest BCUT2D eigenvalue weighted by atomic mass is 32.2. The van der Waals surface area contributed by atoms with Crippen LogP contribution in [0.1, 0.15) is 18.4 Å². The van der Waals surface area contributed by atoms with Crippen molar-refractivity contribution in [2.24, 2.45) is 5.10 Å². The fourth-order valence-electron chi connectivity index (χ4n) is 3.86. The number of hydrazone groups is 1. The second kappa shape index (κ2) is 13.5. The first kappa shape index (κ1) is 27.8. The Bertz CT molecular complexity index is 1360. The summed E-state index contributed by atoms with van der Waals surface area (Å²) < 4.78 is 38.5. The molecule has 0 saturated carbocycles. The fourth-order valence-corrected chi connectivity index (χ4v) is 5.30. The summed E-state index contributed by atoms with van der Waals surface area (Å²) in [5.74, 6) is -0.325. The second-order valence-electron chi connectivity index (χ2n) is 8.75. The molecule has 1 saturated heterocycles. The van der Waals surface area contributed by atoms with Crippen molar-refractivity contribution >= 4 is 33.7 Å². The van der Waals surface area contributed by atoms with Crippen LogP contribution in [0.4, 0.5) is 5.69 Å². The number of amides is 2. The number of anilines is 1. The van der Waals surface area contributed by atoms with E-state index in [9.17, 15) is 18.0 Å². The zero-order valence-electron chi connectivity index (χ0n) is 21.2. The molecule has 1 fully saturated rings. The molecule has 0 radical (unpaired) electrons. The second-order valence-corrected chi connectivity index (χ2v) is 10.6. The maximum Gasteiger partial charge on any atom is 0.264 e. The van der Waals surface area contributed by atoms with Gasteiger partial charge in [0.1, 0.15) is 12.3 Å². The molecule has 1 heterocycles. The molecule has 2 amide bonds. The lowest BCUT2D eigenvalue weighted by molar-refractivity contribution is -0.123. The van der Waals surface area contributed by atoms with Crippen LogP contribution in [0, 0.1) is 0 Å². The van der Waals surface area contributed by atoms with Gasteiger partial charge in [0.2, 0.25) is 0 Å². The molecule has 1 aliphatic heterocycles. The van der Waals surface area contributed by atoms with Crippen LogP contribution in [-0.2, 0) is 24.3 Å². The van der Waals surface area contributed by atoms with E-state index in [1.807, 2.05) is 0 Å². The van der Waals surface area contributed by atoms with E-state index in [0.717, 1.165) is 23.8 Å². The van der Waals surface area contributed by atoms with Crippen LogP contribution in [-0.4, -0.2) is 58.9 Å². The monoisotopic (exact) mass is 550 g/mol. The van der Waals surface area contributed by atoms with Crippen molar-refractivity contribution in [3.8, 4) is 5.75 Å². The first-order chi connectivity index (χ1) is 18.9. The van der Waals surface area contributed by atoms with Gasteiger partial charge in [0, 0.05) is 13.2 Å². The summed E-state index contributed by atoms with van der Waals surface area (Å²) in [4.78, 5) is 24.7. The van der Waals surface area contributed by atoms with E-state index < -0.39 is 22.5 Å². The van der Waals surface area contributed by atoms with Gasteiger partial charge in [0.05, 0.1) is 22.9 Å². The van der Waals surface area contributed by atoms with E-state index in [0.29, 0.717) is 23.5 Å². The lowest BCUT2D eigenvalue weighted by atomic mass is 10.2. The first-order valence-electron chi connectivity index (χ1n) is 12.5. The molecule has 0 aliphatic carbocycles. The minimum absolute atomic E-state index is 0.0719. The molecule has 0 aromatic heterocycles. The van der Waals surface area contributed by atoms with Crippen LogP contribution in [0.2, 0.25) is 0 Å². The summed E-state index contributed by atoms with van der Waals surface area (Å²) >= 11 is 0. The minimum Gasteiger partial charge on any atom is -0.484 e. The van der Waals surface area contributed by atoms with Crippen molar-refractivity contribution in [3.63, 3.8) is 0 Å². The molecular formula is C28H30N4O6S. The molecule has 0 unspecified atom stereocenters. The summed E-state index contributed by atoms with van der Waals surface area (Å²) in [6.07, 6.45) is 3.46. The molecule has 39 heavy (non-hydrogen) atoms. The quantitative estimate of drug-likeness (QED) is 0.264. The average Bonchev–Trinajstić information content (AvgIpc) is 3.49. The van der Waals surface area contributed by atoms with Crippen LogP contribution in [0.5, 0.6) is 5.75 Å². The van der Waals surface area contributed by atoms with Crippen molar-refractivity contribution in [1.29, 1.82) is 0 Å². The number of hydrogen-bond acceptors (Lipinski definition) is 7. The molecule has 1 atom stereocenters. The van der Waals surface area contributed by atoms with Gasteiger partial charge >= 0.3 is 0 Å². The molecule has 4 rings (SSSR count). The summed E-state index contributed by atoms with van der Waals surface area (Å²) in [6.45, 7) is 0.642. The highest BCUT2D eigenvalue weighted by molar-refractivity contribution is 7.92. The molecule has 1 aliphatic rings. The van der Waals surface area contributed by atoms with E-state index in [1.165, 1.54) is 18.3 Å². The predicted octanol–water partition coefficient (Wildman–Crippen LogP) is 2.71. The van der Waals surface area contributed by atoms with Gasteiger partial charge in [-0.05, 0) is 66.9 Å². The number of rotatable bonds is 12. The summed E-state index contributed by atoms with van der Waals surface area (Å²) in [6, 6.07) is 23.1. The third kappa shape index (κ3) is 8.13. The first-order valence-corrected chi connectivity index (χ1v) is 13.9. The lowest BCUT2D eigenvalue weighted by Crippen LogP contribution is -2.39. The molecule has 11 heteroatoms. The van der Waals surface area contributed by atoms with Crippen molar-refractivity contribution in [2.45, 2.75) is 23.8 Å². The number of carbonyl (C=O) groups excluding carboxylic acids is 2. The summed E-state index contributed by atoms with van der Waals surface area (Å²) in [5, 5.41) is 6.74. The Balaban J connectivity index is 1.29. The largest absolute Gasteiger partial charge is 0.484 e. The van der Waals surface area contributed by atoms with Gasteiger partial charge in [0.25, 0.3) is 21.8 Å². The highest BCUT2D eigenvalue weighted by Gasteiger charge is 2.26. The van der Waals surface area contributed by atoms with Crippen molar-refractivity contribution < 1.29 is 27.5 Å². The van der Waals surface area contributed by atoms with Gasteiger partial charge < -0.3 is 14.8 Å². The SMILES string of the molecule is O=C(COc1ccc(/C=N\NC(=O)CN(c2ccccc2)S(=O)(=O)c2ccccc2)cc1)NC[C@@H]1CCCO1. The average molecular weight is 551 g/mol. The van der Waals surface area contributed by atoms with Gasteiger partial charge in [-0.1, -0.05) is 36.4 Å². The van der Waals surface area contributed by atoms with Gasteiger partial charge in [-0.3, -0.25) is 13.9 Å². The topological polar surface area (TPSA) is 126 Å². The Morgan fingerprint density at radius 1 is 0.974 bits per heavy atom. The van der Waals surface area contributed by atoms with Gasteiger partial charge in [-0.2, -0.15) is 5.10 Å². The van der Waals surface area contributed by atoms with Crippen LogP contribution in [0.15, 0.2) is 94.9 Å². The zero-order chi connectivity index (χ0) is 27.5. The molecule has 204 valence electrons. The van der Waals surface area contributed by atoms with Gasteiger partial charge in [0.15, 0.2) is 6.61 Å². The smallest absolute Gasteiger partial charge is 0.264 e. The predicted molar refractivity (Wildman–Crippen MR) is 147 cm³/mol. The Labute approximate surface area is 227 Å². The minimum atomic E-state index is -3.98. The number of sulfonamides is 1. The Morgan fingerprint density at radius 2 is 1.67 bits per heavy atom. The molecule has 3 aromatic carbocycles. The Kier molecular flexibility index (Phi) is 9.65. The molecule has 3 aromatic rings. The molecule has 10 nitrogen and oxygen atoms in total. The van der Waals surface area contributed by atoms with Crippen LogP contribution in [0.3, 0.4) is 0 Å². The lowest BCUT2D eigenvalue weighted by Gasteiger charge is -2.23. The van der Waals surface area contributed by atoms with Gasteiger partial charge in [-0.25, -0.2) is 13.8 Å². The van der Waals surface area contributed by atoms with Crippen molar-refractivity contribution in [1.82, 2.24) is 10.7 Å². The normalized spacial score (nSPS) is 15.1. The van der Waals surface area contributed by atoms with E-state index in [2.05, 4.69) is 15.8 Å². The third-order valence-electron chi connectivity index (χ3n) is 5.87. The molecule has 0 spiro atoms. The van der Waals surface area contributed by atoms with Crippen LogP contribution < -0.4 is 19.8 Å². The zero-order valence-corrected chi connectivity index (χ0v) is 22.0. The number of nitrogens with one attached hydrogen (secondary N) is 2. The Hall–Kier alpha value is -4.22. The Morgan fingerprint density at radius 3 is 2.33 bits per heavy atom. The molecule has 0 bridgehead atoms. The van der Waals surface area contributed by atoms with E-state index in [4.69, 9.17) is 9.47 Å². The molecular weight excluding hydrogens is 520 g/mol. The highest BCUT2D eigenvalue weighted by Crippen LogP contribution is 2.23. The van der Waals surface area contributed by atoms with E-state index in [-0.39, 0.29) is 23.5 Å². The third-order valence-corrected chi connectivity index (χ3v) is 7.65. The van der Waals surface area contributed by atoms with E-state index >= 15 is 0 Å². The van der Waals surface area contributed by atoms with Crippen molar-refractivity contribution in [2.75, 3.05) is 30.6 Å². The maximum absolute atomic E-state index is 13.3. The number of hydrogen-bond donors (Lipinski definition) is 2. The number of ether oxygens (including phenoxy) is 2. The number of benzene rings is 3. The number of nitrogens with zero attached hydrogens (tertiary/aromatic N) is 2. The number of carbonyl (C=O) groups is 2. The van der Waals surface area contributed by atoms with Crippen molar-refractivity contribution in [3.05, 3.63) is 90.5 Å². The fraction of sp³-hybridized carbons (Fsp3) is 0.250. The van der Waals surface area contributed by atoms with Crippen LogP contribution in [0.25, 0.3) is 0 Å². The maximum atomic E-state index is 13.3. The summed E-state index contributed by atoms with van der Waals surface area (Å²) in [7, 11) is -3.98. The van der Waals surface area contributed by atoms with Gasteiger partial charge in [-0.15, -0.1) is 0 Å². The summed E-state index contributed by atoms with van der Waals surface area (Å²) in [5.41, 5.74) is 3.40. The molecule has 2 N–H and O–H groups in total. The van der Waals surface area contributed by atoms with Crippen LogP contribution >= 0.6 is 0 Å².